The Bertz CT molecular complexity index is 532. The van der Waals surface area contributed by atoms with Gasteiger partial charge in [-0.05, 0) is 31.0 Å². The number of hydrogen-bond acceptors (Lipinski definition) is 4. The van der Waals surface area contributed by atoms with Crippen LogP contribution in [0.4, 0.5) is 5.69 Å². The lowest BCUT2D eigenvalue weighted by molar-refractivity contribution is -0.130. The zero-order chi connectivity index (χ0) is 16.9. The summed E-state index contributed by atoms with van der Waals surface area (Å²) in [7, 11) is 0. The van der Waals surface area contributed by atoms with E-state index in [0.29, 0.717) is 12.0 Å². The Hall–Kier alpha value is -1.59. The van der Waals surface area contributed by atoms with E-state index in [-0.39, 0.29) is 5.91 Å². The lowest BCUT2D eigenvalue weighted by Crippen LogP contribution is -2.47. The molecule has 1 aromatic carbocycles. The molecule has 2 fully saturated rings. The zero-order valence-corrected chi connectivity index (χ0v) is 14.8. The van der Waals surface area contributed by atoms with Gasteiger partial charge in [-0.15, -0.1) is 0 Å². The molecule has 2 saturated heterocycles. The molecular formula is C19H29N3O2. The molecule has 0 spiro atoms. The highest BCUT2D eigenvalue weighted by molar-refractivity contribution is 5.73. The molecule has 24 heavy (non-hydrogen) atoms. The number of ether oxygens (including phenoxy) is 1. The number of piperazine rings is 1. The van der Waals surface area contributed by atoms with Gasteiger partial charge in [0.15, 0.2) is 0 Å². The fourth-order valence-electron chi connectivity index (χ4n) is 3.51. The van der Waals surface area contributed by atoms with Crippen LogP contribution >= 0.6 is 0 Å². The Kier molecular flexibility index (Phi) is 5.74. The molecule has 2 aliphatic rings. The maximum absolute atomic E-state index is 11.4. The third kappa shape index (κ3) is 4.48. The predicted octanol–water partition coefficient (Wildman–Crippen LogP) is 2.19. The molecule has 1 aromatic rings. The Labute approximate surface area is 145 Å². The van der Waals surface area contributed by atoms with Crippen LogP contribution in [-0.4, -0.2) is 61.1 Å². The molecule has 2 atom stereocenters. The number of amides is 1. The third-order valence-electron chi connectivity index (χ3n) is 5.24. The van der Waals surface area contributed by atoms with Crippen molar-refractivity contribution in [3.8, 4) is 0 Å². The summed E-state index contributed by atoms with van der Waals surface area (Å²) in [5.41, 5.74) is 2.51. The number of carbonyl (C=O) groups excluding carboxylic acids is 1. The zero-order valence-electron chi connectivity index (χ0n) is 14.8. The first-order chi connectivity index (χ1) is 11.6. The van der Waals surface area contributed by atoms with Gasteiger partial charge < -0.3 is 15.0 Å². The first-order valence-electron chi connectivity index (χ1n) is 9.03. The lowest BCUT2D eigenvalue weighted by atomic mass is 10.0. The van der Waals surface area contributed by atoms with Crippen molar-refractivity contribution in [1.82, 2.24) is 9.80 Å². The van der Waals surface area contributed by atoms with Crippen molar-refractivity contribution >= 4 is 11.6 Å². The second-order valence-electron chi connectivity index (χ2n) is 7.04. The molecule has 5 nitrogen and oxygen atoms in total. The largest absolute Gasteiger partial charge is 0.382 e. The molecule has 0 saturated carbocycles. The van der Waals surface area contributed by atoms with Crippen molar-refractivity contribution in [3.63, 3.8) is 0 Å². The average Bonchev–Trinajstić information content (AvgIpc) is 3.12. The molecule has 132 valence electrons. The van der Waals surface area contributed by atoms with Gasteiger partial charge in [-0.1, -0.05) is 12.1 Å². The van der Waals surface area contributed by atoms with E-state index in [1.807, 2.05) is 4.90 Å². The van der Waals surface area contributed by atoms with Gasteiger partial charge in [0, 0.05) is 63.9 Å². The molecule has 0 bridgehead atoms. The first-order valence-corrected chi connectivity index (χ1v) is 9.03. The molecule has 2 heterocycles. The molecule has 2 aliphatic heterocycles. The van der Waals surface area contributed by atoms with Gasteiger partial charge in [0.05, 0.1) is 6.61 Å². The molecule has 0 aromatic heterocycles. The number of carbonyl (C=O) groups is 1. The standard InChI is InChI=1S/C19H29N3O2/c1-15(18-7-12-24-14-18)20-19-5-3-17(4-6-19)13-21-8-10-22(11-9-21)16(2)23/h3-6,15,18,20H,7-14H2,1-2H3/t15-,18-/m0/s1. The van der Waals surface area contributed by atoms with Gasteiger partial charge in [-0.2, -0.15) is 0 Å². The summed E-state index contributed by atoms with van der Waals surface area (Å²) < 4.78 is 5.47. The van der Waals surface area contributed by atoms with Crippen molar-refractivity contribution < 1.29 is 9.53 Å². The molecule has 3 rings (SSSR count). The van der Waals surface area contributed by atoms with E-state index in [1.54, 1.807) is 6.92 Å². The summed E-state index contributed by atoms with van der Waals surface area (Å²) in [4.78, 5) is 15.7. The lowest BCUT2D eigenvalue weighted by Gasteiger charge is -2.34. The topological polar surface area (TPSA) is 44.8 Å². The minimum absolute atomic E-state index is 0.187. The number of anilines is 1. The van der Waals surface area contributed by atoms with E-state index >= 15 is 0 Å². The summed E-state index contributed by atoms with van der Waals surface area (Å²) in [5.74, 6) is 0.800. The molecule has 5 heteroatoms. The van der Waals surface area contributed by atoms with Gasteiger partial charge in [0.1, 0.15) is 0 Å². The Morgan fingerprint density at radius 2 is 1.96 bits per heavy atom. The van der Waals surface area contributed by atoms with Gasteiger partial charge >= 0.3 is 0 Å². The number of nitrogens with zero attached hydrogens (tertiary/aromatic N) is 2. The maximum Gasteiger partial charge on any atom is 0.219 e. The highest BCUT2D eigenvalue weighted by atomic mass is 16.5. The van der Waals surface area contributed by atoms with Crippen LogP contribution in [0, 0.1) is 5.92 Å². The summed E-state index contributed by atoms with van der Waals surface area (Å²) in [5, 5.41) is 3.60. The third-order valence-corrected chi connectivity index (χ3v) is 5.24. The fraction of sp³-hybridized carbons (Fsp3) is 0.632. The van der Waals surface area contributed by atoms with Gasteiger partial charge in [-0.25, -0.2) is 0 Å². The second-order valence-corrected chi connectivity index (χ2v) is 7.04. The minimum atomic E-state index is 0.187. The molecule has 1 N–H and O–H groups in total. The summed E-state index contributed by atoms with van der Waals surface area (Å²) >= 11 is 0. The number of nitrogens with one attached hydrogen (secondary N) is 1. The predicted molar refractivity (Wildman–Crippen MR) is 96.0 cm³/mol. The summed E-state index contributed by atoms with van der Waals surface area (Å²) in [6.45, 7) is 10.2. The number of benzene rings is 1. The first kappa shape index (κ1) is 17.2. The molecule has 0 unspecified atom stereocenters. The Morgan fingerprint density at radius 3 is 2.54 bits per heavy atom. The van der Waals surface area contributed by atoms with Gasteiger partial charge in [0.2, 0.25) is 5.91 Å². The van der Waals surface area contributed by atoms with Crippen LogP contribution in [0.25, 0.3) is 0 Å². The summed E-state index contributed by atoms with van der Waals surface area (Å²) in [6.07, 6.45) is 1.15. The Balaban J connectivity index is 1.47. The molecule has 0 radical (unpaired) electrons. The smallest absolute Gasteiger partial charge is 0.219 e. The Morgan fingerprint density at radius 1 is 1.25 bits per heavy atom. The highest BCUT2D eigenvalue weighted by Gasteiger charge is 2.22. The van der Waals surface area contributed by atoms with E-state index in [1.165, 1.54) is 11.3 Å². The minimum Gasteiger partial charge on any atom is -0.382 e. The fourth-order valence-corrected chi connectivity index (χ4v) is 3.51. The highest BCUT2D eigenvalue weighted by Crippen LogP contribution is 2.21. The van der Waals surface area contributed by atoms with E-state index in [2.05, 4.69) is 41.4 Å². The molecule has 0 aliphatic carbocycles. The SMILES string of the molecule is CC(=O)N1CCN(Cc2ccc(N[C@@H](C)[C@H]3CCOC3)cc2)CC1. The average molecular weight is 331 g/mol. The maximum atomic E-state index is 11.4. The summed E-state index contributed by atoms with van der Waals surface area (Å²) in [6, 6.07) is 9.20. The second kappa shape index (κ2) is 7.99. The van der Waals surface area contributed by atoms with Gasteiger partial charge in [0.25, 0.3) is 0 Å². The van der Waals surface area contributed by atoms with Crippen molar-refractivity contribution in [3.05, 3.63) is 29.8 Å². The van der Waals surface area contributed by atoms with Crippen molar-refractivity contribution in [2.75, 3.05) is 44.7 Å². The van der Waals surface area contributed by atoms with E-state index in [0.717, 1.165) is 52.4 Å². The monoisotopic (exact) mass is 331 g/mol. The molecule has 1 amide bonds. The van der Waals surface area contributed by atoms with Crippen molar-refractivity contribution in [1.29, 1.82) is 0 Å². The van der Waals surface area contributed by atoms with E-state index in [4.69, 9.17) is 4.74 Å². The van der Waals surface area contributed by atoms with Crippen LogP contribution in [0.15, 0.2) is 24.3 Å². The van der Waals surface area contributed by atoms with Crippen LogP contribution in [-0.2, 0) is 16.1 Å². The van der Waals surface area contributed by atoms with Crippen LogP contribution in [0.5, 0.6) is 0 Å². The number of rotatable bonds is 5. The van der Waals surface area contributed by atoms with Crippen LogP contribution in [0.3, 0.4) is 0 Å². The number of hydrogen-bond donors (Lipinski definition) is 1. The van der Waals surface area contributed by atoms with Gasteiger partial charge in [-0.3, -0.25) is 9.69 Å². The van der Waals surface area contributed by atoms with Crippen LogP contribution < -0.4 is 5.32 Å². The quantitative estimate of drug-likeness (QED) is 0.898. The van der Waals surface area contributed by atoms with Crippen LogP contribution in [0.2, 0.25) is 0 Å². The van der Waals surface area contributed by atoms with Crippen LogP contribution in [0.1, 0.15) is 25.8 Å². The molecular weight excluding hydrogens is 302 g/mol. The normalized spacial score (nSPS) is 23.2. The van der Waals surface area contributed by atoms with Crippen molar-refractivity contribution in [2.45, 2.75) is 32.9 Å². The van der Waals surface area contributed by atoms with Crippen molar-refractivity contribution in [2.24, 2.45) is 5.92 Å². The van der Waals surface area contributed by atoms with E-state index in [9.17, 15) is 4.79 Å². The van der Waals surface area contributed by atoms with E-state index < -0.39 is 0 Å².